The molecule has 1 aliphatic rings. The Morgan fingerprint density at radius 1 is 1.06 bits per heavy atom. The summed E-state index contributed by atoms with van der Waals surface area (Å²) < 4.78 is 5.23. The van der Waals surface area contributed by atoms with Gasteiger partial charge in [-0.25, -0.2) is 9.59 Å². The Hall–Kier alpha value is -3.88. The molecular formula is C24H28N4O5. The van der Waals surface area contributed by atoms with E-state index >= 15 is 0 Å². The molecule has 174 valence electrons. The Balaban J connectivity index is 1.61. The van der Waals surface area contributed by atoms with E-state index in [1.54, 1.807) is 62.4 Å². The van der Waals surface area contributed by atoms with E-state index in [0.717, 1.165) is 5.56 Å². The number of amides is 4. The highest BCUT2D eigenvalue weighted by atomic mass is 16.5. The summed E-state index contributed by atoms with van der Waals surface area (Å²) in [5.41, 5.74) is 0.997. The molecule has 2 aromatic carbocycles. The lowest BCUT2D eigenvalue weighted by molar-refractivity contribution is -0.128. The smallest absolute Gasteiger partial charge is 0.338 e. The molecule has 2 aromatic rings. The van der Waals surface area contributed by atoms with Crippen molar-refractivity contribution in [3.63, 3.8) is 0 Å². The average molecular weight is 453 g/mol. The van der Waals surface area contributed by atoms with Gasteiger partial charge in [0, 0.05) is 12.6 Å². The predicted octanol–water partition coefficient (Wildman–Crippen LogP) is 2.81. The molecular weight excluding hydrogens is 424 g/mol. The number of urea groups is 1. The Labute approximate surface area is 192 Å². The molecule has 0 unspecified atom stereocenters. The normalized spacial score (nSPS) is 14.2. The molecule has 3 N–H and O–H groups in total. The van der Waals surface area contributed by atoms with Crippen LogP contribution in [0.3, 0.4) is 0 Å². The van der Waals surface area contributed by atoms with Crippen LogP contribution < -0.4 is 20.9 Å². The van der Waals surface area contributed by atoms with Crippen LogP contribution >= 0.6 is 0 Å². The SMILES string of the molecule is CC(C)NC(=O)NCc1ccc(C(=O)OCC(=O)N2c3ccccc3NC(=O)C2(C)C)cc1. The number of hydrogen-bond donors (Lipinski definition) is 3. The summed E-state index contributed by atoms with van der Waals surface area (Å²) in [6.45, 7) is 6.79. The van der Waals surface area contributed by atoms with Crippen molar-refractivity contribution in [3.05, 3.63) is 59.7 Å². The standard InChI is InChI=1S/C24H28N4O5/c1-15(2)26-23(32)25-13-16-9-11-17(12-10-16)21(30)33-14-20(29)28-19-8-6-5-7-18(19)27-22(31)24(28,3)4/h5-12,15H,13-14H2,1-4H3,(H,27,31)(H2,25,26,32). The number of fused-ring (bicyclic) bond motifs is 1. The third-order valence-electron chi connectivity index (χ3n) is 5.15. The van der Waals surface area contributed by atoms with Crippen LogP contribution in [0.15, 0.2) is 48.5 Å². The summed E-state index contributed by atoms with van der Waals surface area (Å²) in [6.07, 6.45) is 0. The van der Waals surface area contributed by atoms with Gasteiger partial charge in [0.2, 0.25) is 5.91 Å². The van der Waals surface area contributed by atoms with E-state index in [0.29, 0.717) is 17.9 Å². The highest BCUT2D eigenvalue weighted by Gasteiger charge is 2.43. The van der Waals surface area contributed by atoms with Crippen LogP contribution in [0.4, 0.5) is 16.2 Å². The van der Waals surface area contributed by atoms with Gasteiger partial charge in [0.05, 0.1) is 16.9 Å². The fourth-order valence-electron chi connectivity index (χ4n) is 3.43. The number of para-hydroxylation sites is 2. The second-order valence-corrected chi connectivity index (χ2v) is 8.51. The molecule has 1 aliphatic heterocycles. The van der Waals surface area contributed by atoms with Crippen molar-refractivity contribution in [2.75, 3.05) is 16.8 Å². The number of benzene rings is 2. The van der Waals surface area contributed by atoms with E-state index in [-0.39, 0.29) is 23.5 Å². The molecule has 9 heteroatoms. The number of esters is 1. The quantitative estimate of drug-likeness (QED) is 0.583. The van der Waals surface area contributed by atoms with Gasteiger partial charge >= 0.3 is 12.0 Å². The summed E-state index contributed by atoms with van der Waals surface area (Å²) in [6, 6.07) is 13.2. The van der Waals surface area contributed by atoms with Crippen molar-refractivity contribution in [2.45, 2.75) is 45.8 Å². The number of hydrogen-bond acceptors (Lipinski definition) is 5. The summed E-state index contributed by atoms with van der Waals surface area (Å²) in [7, 11) is 0. The summed E-state index contributed by atoms with van der Waals surface area (Å²) in [5.74, 6) is -1.49. The van der Waals surface area contributed by atoms with Gasteiger partial charge in [-0.2, -0.15) is 0 Å². The maximum absolute atomic E-state index is 13.0. The summed E-state index contributed by atoms with van der Waals surface area (Å²) >= 11 is 0. The van der Waals surface area contributed by atoms with E-state index in [9.17, 15) is 19.2 Å². The van der Waals surface area contributed by atoms with Crippen molar-refractivity contribution in [3.8, 4) is 0 Å². The van der Waals surface area contributed by atoms with Crippen molar-refractivity contribution in [2.24, 2.45) is 0 Å². The highest BCUT2D eigenvalue weighted by molar-refractivity contribution is 6.14. The second-order valence-electron chi connectivity index (χ2n) is 8.51. The first-order valence-corrected chi connectivity index (χ1v) is 10.6. The Kier molecular flexibility index (Phi) is 7.01. The predicted molar refractivity (Wildman–Crippen MR) is 124 cm³/mol. The third-order valence-corrected chi connectivity index (χ3v) is 5.15. The fourth-order valence-corrected chi connectivity index (χ4v) is 3.43. The van der Waals surface area contributed by atoms with Gasteiger partial charge in [0.15, 0.2) is 6.61 Å². The van der Waals surface area contributed by atoms with Crippen molar-refractivity contribution in [1.29, 1.82) is 0 Å². The number of rotatable bonds is 6. The van der Waals surface area contributed by atoms with Crippen molar-refractivity contribution < 1.29 is 23.9 Å². The first-order valence-electron chi connectivity index (χ1n) is 10.6. The maximum atomic E-state index is 13.0. The molecule has 9 nitrogen and oxygen atoms in total. The van der Waals surface area contributed by atoms with Crippen LogP contribution in [0, 0.1) is 0 Å². The number of carbonyl (C=O) groups is 4. The number of ether oxygens (including phenoxy) is 1. The van der Waals surface area contributed by atoms with Crippen LogP contribution in [0.25, 0.3) is 0 Å². The van der Waals surface area contributed by atoms with Gasteiger partial charge in [-0.15, -0.1) is 0 Å². The number of nitrogens with zero attached hydrogens (tertiary/aromatic N) is 1. The zero-order chi connectivity index (χ0) is 24.2. The van der Waals surface area contributed by atoms with Gasteiger partial charge in [0.1, 0.15) is 5.54 Å². The minimum absolute atomic E-state index is 0.0308. The lowest BCUT2D eigenvalue weighted by Crippen LogP contribution is -2.59. The van der Waals surface area contributed by atoms with Gasteiger partial charge in [-0.05, 0) is 57.5 Å². The third kappa shape index (κ3) is 5.49. The van der Waals surface area contributed by atoms with Crippen molar-refractivity contribution in [1.82, 2.24) is 10.6 Å². The molecule has 1 heterocycles. The van der Waals surface area contributed by atoms with Crippen LogP contribution in [-0.2, 0) is 20.9 Å². The zero-order valence-corrected chi connectivity index (χ0v) is 19.1. The Bertz CT molecular complexity index is 1060. The van der Waals surface area contributed by atoms with Gasteiger partial charge in [0.25, 0.3) is 5.91 Å². The lowest BCUT2D eigenvalue weighted by Gasteiger charge is -2.41. The topological polar surface area (TPSA) is 117 Å². The largest absolute Gasteiger partial charge is 0.452 e. The van der Waals surface area contributed by atoms with Gasteiger partial charge in [-0.1, -0.05) is 24.3 Å². The molecule has 0 radical (unpaired) electrons. The average Bonchev–Trinajstić information content (AvgIpc) is 2.76. The van der Waals surface area contributed by atoms with Crippen LogP contribution in [0.1, 0.15) is 43.6 Å². The molecule has 0 aromatic heterocycles. The second kappa shape index (κ2) is 9.72. The maximum Gasteiger partial charge on any atom is 0.338 e. The zero-order valence-electron chi connectivity index (χ0n) is 19.1. The summed E-state index contributed by atoms with van der Waals surface area (Å²) in [5, 5.41) is 8.24. The van der Waals surface area contributed by atoms with Crippen LogP contribution in [0.2, 0.25) is 0 Å². The minimum atomic E-state index is -1.14. The molecule has 0 aliphatic carbocycles. The van der Waals surface area contributed by atoms with E-state index in [1.165, 1.54) is 4.90 Å². The number of carbonyl (C=O) groups excluding carboxylic acids is 4. The van der Waals surface area contributed by atoms with E-state index in [4.69, 9.17) is 4.74 Å². The number of anilines is 2. The molecule has 0 bridgehead atoms. The molecule has 0 saturated carbocycles. The first-order chi connectivity index (χ1) is 15.6. The molecule has 0 fully saturated rings. The van der Waals surface area contributed by atoms with E-state index in [2.05, 4.69) is 16.0 Å². The van der Waals surface area contributed by atoms with Gasteiger partial charge < -0.3 is 20.7 Å². The minimum Gasteiger partial charge on any atom is -0.452 e. The summed E-state index contributed by atoms with van der Waals surface area (Å²) in [4.78, 5) is 50.9. The molecule has 3 rings (SSSR count). The molecule has 0 spiro atoms. The first kappa shape index (κ1) is 23.8. The highest BCUT2D eigenvalue weighted by Crippen LogP contribution is 2.36. The Morgan fingerprint density at radius 3 is 2.39 bits per heavy atom. The molecule has 0 saturated heterocycles. The van der Waals surface area contributed by atoms with Crippen LogP contribution in [0.5, 0.6) is 0 Å². The molecule has 33 heavy (non-hydrogen) atoms. The van der Waals surface area contributed by atoms with E-state index in [1.807, 2.05) is 13.8 Å². The number of nitrogens with one attached hydrogen (secondary N) is 3. The Morgan fingerprint density at radius 2 is 1.73 bits per heavy atom. The van der Waals surface area contributed by atoms with Crippen molar-refractivity contribution >= 4 is 35.2 Å². The lowest BCUT2D eigenvalue weighted by atomic mass is 9.96. The van der Waals surface area contributed by atoms with E-state index < -0.39 is 24.0 Å². The molecule has 0 atom stereocenters. The monoisotopic (exact) mass is 452 g/mol. The molecule has 4 amide bonds. The van der Waals surface area contributed by atoms with Gasteiger partial charge in [-0.3, -0.25) is 14.5 Å². The fraction of sp³-hybridized carbons (Fsp3) is 0.333. The van der Waals surface area contributed by atoms with Crippen LogP contribution in [-0.4, -0.2) is 42.0 Å².